The number of nitro groups is 1. The summed E-state index contributed by atoms with van der Waals surface area (Å²) in [5.41, 5.74) is 0.0509. The molecule has 108 valence electrons. The van der Waals surface area contributed by atoms with Gasteiger partial charge in [-0.3, -0.25) is 14.9 Å². The van der Waals surface area contributed by atoms with Gasteiger partial charge in [0.05, 0.1) is 11.1 Å². The van der Waals surface area contributed by atoms with Crippen molar-refractivity contribution >= 4 is 17.6 Å². The summed E-state index contributed by atoms with van der Waals surface area (Å²) < 4.78 is 0. The number of hydrogen-bond acceptors (Lipinski definition) is 4. The highest BCUT2D eigenvalue weighted by atomic mass is 16.6. The number of carbonyl (C=O) groups excluding carboxylic acids is 1. The zero-order valence-electron chi connectivity index (χ0n) is 10.6. The van der Waals surface area contributed by atoms with E-state index in [1.54, 1.807) is 30.3 Å². The van der Waals surface area contributed by atoms with Crippen molar-refractivity contribution in [2.75, 3.05) is 0 Å². The summed E-state index contributed by atoms with van der Waals surface area (Å²) in [6.45, 7) is 0. The first-order chi connectivity index (χ1) is 9.99. The minimum absolute atomic E-state index is 0.0797. The molecule has 0 saturated heterocycles. The molecular formula is C13H11N3O5. The van der Waals surface area contributed by atoms with Gasteiger partial charge in [-0.1, -0.05) is 30.3 Å². The van der Waals surface area contributed by atoms with Crippen molar-refractivity contribution in [2.24, 2.45) is 0 Å². The molecule has 0 saturated carbocycles. The molecule has 8 nitrogen and oxygen atoms in total. The van der Waals surface area contributed by atoms with Crippen molar-refractivity contribution in [1.29, 1.82) is 0 Å². The van der Waals surface area contributed by atoms with Gasteiger partial charge in [0.25, 0.3) is 11.6 Å². The molecular weight excluding hydrogens is 278 g/mol. The first-order valence-electron chi connectivity index (χ1n) is 5.90. The summed E-state index contributed by atoms with van der Waals surface area (Å²) in [5, 5.41) is 22.0. The third-order valence-electron chi connectivity index (χ3n) is 2.78. The third kappa shape index (κ3) is 3.24. The Morgan fingerprint density at radius 3 is 2.48 bits per heavy atom. The smallest absolute Gasteiger partial charge is 0.330 e. The van der Waals surface area contributed by atoms with E-state index in [4.69, 9.17) is 0 Å². The van der Waals surface area contributed by atoms with Gasteiger partial charge in [-0.25, -0.2) is 4.79 Å². The van der Waals surface area contributed by atoms with Crippen LogP contribution in [0.4, 0.5) is 5.69 Å². The summed E-state index contributed by atoms with van der Waals surface area (Å²) in [5.74, 6) is -1.96. The molecule has 0 aliphatic heterocycles. The molecule has 0 aliphatic carbocycles. The van der Waals surface area contributed by atoms with E-state index in [-0.39, 0.29) is 11.4 Å². The lowest BCUT2D eigenvalue weighted by molar-refractivity contribution is -0.384. The molecule has 8 heteroatoms. The molecule has 0 fully saturated rings. The van der Waals surface area contributed by atoms with Gasteiger partial charge in [-0.2, -0.15) is 0 Å². The fourth-order valence-corrected chi connectivity index (χ4v) is 1.76. The maximum absolute atomic E-state index is 11.9. The van der Waals surface area contributed by atoms with Gasteiger partial charge >= 0.3 is 5.97 Å². The molecule has 1 amide bonds. The number of rotatable bonds is 5. The minimum atomic E-state index is -1.24. The van der Waals surface area contributed by atoms with Crippen LogP contribution in [0.1, 0.15) is 22.1 Å². The molecule has 1 heterocycles. The van der Waals surface area contributed by atoms with Crippen LogP contribution < -0.4 is 5.32 Å². The van der Waals surface area contributed by atoms with Gasteiger partial charge < -0.3 is 15.4 Å². The monoisotopic (exact) mass is 289 g/mol. The van der Waals surface area contributed by atoms with E-state index in [9.17, 15) is 24.8 Å². The summed E-state index contributed by atoms with van der Waals surface area (Å²) in [6, 6.07) is 7.96. The Bertz CT molecular complexity index is 680. The summed E-state index contributed by atoms with van der Waals surface area (Å²) in [7, 11) is 0. The van der Waals surface area contributed by atoms with Crippen LogP contribution in [0, 0.1) is 10.1 Å². The first kappa shape index (κ1) is 14.3. The van der Waals surface area contributed by atoms with Crippen molar-refractivity contribution in [3.63, 3.8) is 0 Å². The Morgan fingerprint density at radius 2 is 1.95 bits per heavy atom. The lowest BCUT2D eigenvalue weighted by Crippen LogP contribution is -2.33. The molecule has 0 unspecified atom stereocenters. The number of aromatic nitrogens is 1. The van der Waals surface area contributed by atoms with Crippen LogP contribution in [0.2, 0.25) is 0 Å². The van der Waals surface area contributed by atoms with Crippen molar-refractivity contribution in [3.05, 3.63) is 64.0 Å². The number of carboxylic acids is 1. The van der Waals surface area contributed by atoms with Crippen LogP contribution in [-0.4, -0.2) is 26.9 Å². The predicted molar refractivity (Wildman–Crippen MR) is 71.7 cm³/mol. The van der Waals surface area contributed by atoms with Gasteiger partial charge in [0.1, 0.15) is 5.69 Å². The van der Waals surface area contributed by atoms with Crippen LogP contribution in [0.5, 0.6) is 0 Å². The molecule has 0 bridgehead atoms. The number of nitrogens with one attached hydrogen (secondary N) is 2. The average Bonchev–Trinajstić information content (AvgIpc) is 2.95. The van der Waals surface area contributed by atoms with Crippen molar-refractivity contribution < 1.29 is 19.6 Å². The van der Waals surface area contributed by atoms with Crippen LogP contribution in [0.3, 0.4) is 0 Å². The molecule has 2 aromatic rings. The molecule has 21 heavy (non-hydrogen) atoms. The molecule has 1 aromatic heterocycles. The van der Waals surface area contributed by atoms with E-state index in [0.29, 0.717) is 5.56 Å². The number of carboxylic acid groups (broad SMARTS) is 1. The van der Waals surface area contributed by atoms with E-state index < -0.39 is 22.8 Å². The van der Waals surface area contributed by atoms with Crippen molar-refractivity contribution in [2.45, 2.75) is 6.04 Å². The highest BCUT2D eigenvalue weighted by Gasteiger charge is 2.24. The molecule has 0 radical (unpaired) electrons. The standard InChI is InChI=1S/C13H11N3O5/c17-12(10-6-9(7-14-10)16(20)21)15-11(13(18)19)8-4-2-1-3-5-8/h1-7,11,14H,(H,15,17)(H,18,19)/t11-/m0/s1. The lowest BCUT2D eigenvalue weighted by Gasteiger charge is -2.14. The first-order valence-corrected chi connectivity index (χ1v) is 5.90. The average molecular weight is 289 g/mol. The van der Waals surface area contributed by atoms with E-state index >= 15 is 0 Å². The predicted octanol–water partition coefficient (Wildman–Crippen LogP) is 1.48. The molecule has 2 rings (SSSR count). The van der Waals surface area contributed by atoms with Crippen LogP contribution in [0.15, 0.2) is 42.6 Å². The molecule has 1 aromatic carbocycles. The molecule has 3 N–H and O–H groups in total. The van der Waals surface area contributed by atoms with Crippen molar-refractivity contribution in [1.82, 2.24) is 10.3 Å². The number of H-pyrrole nitrogens is 1. The maximum Gasteiger partial charge on any atom is 0.330 e. The number of aromatic amines is 1. The number of benzene rings is 1. The van der Waals surface area contributed by atoms with E-state index in [0.717, 1.165) is 12.3 Å². The van der Waals surface area contributed by atoms with E-state index in [1.165, 1.54) is 0 Å². The summed E-state index contributed by atoms with van der Waals surface area (Å²) in [4.78, 5) is 35.5. The van der Waals surface area contributed by atoms with Gasteiger partial charge in [-0.05, 0) is 5.56 Å². The number of nitrogens with zero attached hydrogens (tertiary/aromatic N) is 1. The van der Waals surface area contributed by atoms with Crippen LogP contribution in [0.25, 0.3) is 0 Å². The zero-order valence-corrected chi connectivity index (χ0v) is 10.6. The number of aliphatic carboxylic acids is 1. The SMILES string of the molecule is O=C(N[C@H](C(=O)O)c1ccccc1)c1cc([N+](=O)[O-])c[nH]1. The second-order valence-corrected chi connectivity index (χ2v) is 4.18. The van der Waals surface area contributed by atoms with E-state index in [2.05, 4.69) is 10.3 Å². The Hall–Kier alpha value is -3.16. The number of amides is 1. The quantitative estimate of drug-likeness (QED) is 0.567. The van der Waals surface area contributed by atoms with Crippen LogP contribution in [-0.2, 0) is 4.79 Å². The van der Waals surface area contributed by atoms with Gasteiger partial charge in [-0.15, -0.1) is 0 Å². The topological polar surface area (TPSA) is 125 Å². The van der Waals surface area contributed by atoms with Crippen LogP contribution >= 0.6 is 0 Å². The Kier molecular flexibility index (Phi) is 3.98. The normalized spacial score (nSPS) is 11.6. The Labute approximate surface area is 118 Å². The number of carbonyl (C=O) groups is 2. The summed E-state index contributed by atoms with van der Waals surface area (Å²) >= 11 is 0. The second kappa shape index (κ2) is 5.87. The Morgan fingerprint density at radius 1 is 1.29 bits per heavy atom. The van der Waals surface area contributed by atoms with Gasteiger partial charge in [0, 0.05) is 6.07 Å². The highest BCUT2D eigenvalue weighted by Crippen LogP contribution is 2.16. The van der Waals surface area contributed by atoms with E-state index in [1.807, 2.05) is 0 Å². The second-order valence-electron chi connectivity index (χ2n) is 4.18. The summed E-state index contributed by atoms with van der Waals surface area (Å²) in [6.07, 6.45) is 1.06. The Balaban J connectivity index is 2.19. The largest absolute Gasteiger partial charge is 0.479 e. The molecule has 1 atom stereocenters. The third-order valence-corrected chi connectivity index (χ3v) is 2.78. The van der Waals surface area contributed by atoms with Gasteiger partial charge in [0.15, 0.2) is 6.04 Å². The fourth-order valence-electron chi connectivity index (χ4n) is 1.76. The zero-order chi connectivity index (χ0) is 15.4. The van der Waals surface area contributed by atoms with Crippen molar-refractivity contribution in [3.8, 4) is 0 Å². The minimum Gasteiger partial charge on any atom is -0.479 e. The highest BCUT2D eigenvalue weighted by molar-refractivity contribution is 5.95. The lowest BCUT2D eigenvalue weighted by atomic mass is 10.1. The number of hydrogen-bond donors (Lipinski definition) is 3. The maximum atomic E-state index is 11.9. The molecule has 0 spiro atoms. The molecule has 0 aliphatic rings. The van der Waals surface area contributed by atoms with Gasteiger partial charge in [0.2, 0.25) is 0 Å². The fraction of sp³-hybridized carbons (Fsp3) is 0.0769.